The smallest absolute Gasteiger partial charge is 0.330 e. The van der Waals surface area contributed by atoms with E-state index in [1.165, 1.54) is 6.20 Å². The molecule has 0 aliphatic heterocycles. The Labute approximate surface area is 122 Å². The minimum atomic E-state index is -0.463. The average molecular weight is 287 g/mol. The third kappa shape index (κ3) is 2.91. The van der Waals surface area contributed by atoms with Crippen molar-refractivity contribution in [2.24, 2.45) is 0 Å². The third-order valence-corrected chi connectivity index (χ3v) is 3.15. The molecule has 0 aliphatic carbocycles. The van der Waals surface area contributed by atoms with Crippen molar-refractivity contribution in [1.82, 2.24) is 9.97 Å². The van der Waals surface area contributed by atoms with Gasteiger partial charge in [-0.15, -0.1) is 0 Å². The molecule has 2 aromatic rings. The second-order valence-corrected chi connectivity index (χ2v) is 4.44. The standard InChI is InChI=1S/C14H17N5O2/c1-4-18(11-8-6-5-7-10(11)2)13-12(19(20)21)9-16-14(15-3)17-13/h5-9H,4H2,1-3H3,(H,15,16,17). The molecular formula is C14H17N5O2. The highest BCUT2D eigenvalue weighted by molar-refractivity contribution is 5.70. The van der Waals surface area contributed by atoms with E-state index in [2.05, 4.69) is 15.3 Å². The Kier molecular flexibility index (Phi) is 4.32. The van der Waals surface area contributed by atoms with Gasteiger partial charge in [0.25, 0.3) is 0 Å². The van der Waals surface area contributed by atoms with Crippen LogP contribution in [0, 0.1) is 17.0 Å². The van der Waals surface area contributed by atoms with Crippen molar-refractivity contribution >= 4 is 23.1 Å². The van der Waals surface area contributed by atoms with Crippen LogP contribution in [-0.4, -0.2) is 28.5 Å². The molecule has 0 fully saturated rings. The lowest BCUT2D eigenvalue weighted by Crippen LogP contribution is -2.20. The van der Waals surface area contributed by atoms with Crippen molar-refractivity contribution in [3.63, 3.8) is 0 Å². The molecule has 0 amide bonds. The predicted molar refractivity (Wildman–Crippen MR) is 82.1 cm³/mol. The van der Waals surface area contributed by atoms with Gasteiger partial charge in [-0.25, -0.2) is 4.98 Å². The van der Waals surface area contributed by atoms with Crippen molar-refractivity contribution in [3.05, 3.63) is 46.1 Å². The highest BCUT2D eigenvalue weighted by Crippen LogP contribution is 2.33. The van der Waals surface area contributed by atoms with Crippen molar-refractivity contribution in [3.8, 4) is 0 Å². The van der Waals surface area contributed by atoms with E-state index < -0.39 is 4.92 Å². The molecule has 0 radical (unpaired) electrons. The molecular weight excluding hydrogens is 270 g/mol. The minimum Gasteiger partial charge on any atom is -0.357 e. The maximum atomic E-state index is 11.2. The van der Waals surface area contributed by atoms with Gasteiger partial charge in [0.1, 0.15) is 6.20 Å². The van der Waals surface area contributed by atoms with Gasteiger partial charge < -0.3 is 10.2 Å². The normalized spacial score (nSPS) is 10.2. The number of nitrogens with one attached hydrogen (secondary N) is 1. The van der Waals surface area contributed by atoms with E-state index >= 15 is 0 Å². The molecule has 0 aliphatic rings. The number of nitrogens with zero attached hydrogens (tertiary/aromatic N) is 4. The Balaban J connectivity index is 2.61. The van der Waals surface area contributed by atoms with E-state index in [-0.39, 0.29) is 11.5 Å². The number of anilines is 3. The van der Waals surface area contributed by atoms with Gasteiger partial charge in [0, 0.05) is 19.3 Å². The van der Waals surface area contributed by atoms with Crippen LogP contribution in [0.3, 0.4) is 0 Å². The van der Waals surface area contributed by atoms with E-state index in [4.69, 9.17) is 0 Å². The first-order valence-electron chi connectivity index (χ1n) is 6.60. The summed E-state index contributed by atoms with van der Waals surface area (Å²) in [5, 5.41) is 14.0. The zero-order valence-electron chi connectivity index (χ0n) is 12.2. The summed E-state index contributed by atoms with van der Waals surface area (Å²) in [7, 11) is 1.68. The van der Waals surface area contributed by atoms with Crippen molar-refractivity contribution in [1.29, 1.82) is 0 Å². The Morgan fingerprint density at radius 1 is 1.38 bits per heavy atom. The predicted octanol–water partition coefficient (Wildman–Crippen LogP) is 2.89. The van der Waals surface area contributed by atoms with E-state index in [1.807, 2.05) is 43.0 Å². The van der Waals surface area contributed by atoms with Gasteiger partial charge in [-0.1, -0.05) is 18.2 Å². The first-order valence-corrected chi connectivity index (χ1v) is 6.60. The highest BCUT2D eigenvalue weighted by atomic mass is 16.6. The zero-order chi connectivity index (χ0) is 15.4. The van der Waals surface area contributed by atoms with Gasteiger partial charge in [0.05, 0.1) is 4.92 Å². The van der Waals surface area contributed by atoms with Gasteiger partial charge in [0.15, 0.2) is 0 Å². The molecule has 0 saturated heterocycles. The monoisotopic (exact) mass is 287 g/mol. The molecule has 110 valence electrons. The first kappa shape index (κ1) is 14.7. The van der Waals surface area contributed by atoms with Gasteiger partial charge >= 0.3 is 5.69 Å². The zero-order valence-corrected chi connectivity index (χ0v) is 12.2. The van der Waals surface area contributed by atoms with Gasteiger partial charge in [0.2, 0.25) is 11.8 Å². The maximum absolute atomic E-state index is 11.2. The summed E-state index contributed by atoms with van der Waals surface area (Å²) >= 11 is 0. The number of benzene rings is 1. The SMILES string of the molecule is CCN(c1ccccc1C)c1nc(NC)ncc1[N+](=O)[O-]. The summed E-state index contributed by atoms with van der Waals surface area (Å²) in [6, 6.07) is 7.71. The summed E-state index contributed by atoms with van der Waals surface area (Å²) in [5.74, 6) is 0.638. The van der Waals surface area contributed by atoms with Crippen LogP contribution < -0.4 is 10.2 Å². The molecule has 1 N–H and O–H groups in total. The number of hydrogen-bond acceptors (Lipinski definition) is 6. The summed E-state index contributed by atoms with van der Waals surface area (Å²) in [4.78, 5) is 20.8. The molecule has 7 heteroatoms. The van der Waals surface area contributed by atoms with Gasteiger partial charge in [-0.05, 0) is 25.5 Å². The number of hydrogen-bond donors (Lipinski definition) is 1. The molecule has 0 bridgehead atoms. The van der Waals surface area contributed by atoms with Crippen LogP contribution in [0.2, 0.25) is 0 Å². The molecule has 0 saturated carbocycles. The summed E-state index contributed by atoms with van der Waals surface area (Å²) in [5.41, 5.74) is 1.81. The Bertz CT molecular complexity index is 660. The summed E-state index contributed by atoms with van der Waals surface area (Å²) in [6.45, 7) is 4.45. The minimum absolute atomic E-state index is 0.112. The van der Waals surface area contributed by atoms with Crippen LogP contribution in [0.15, 0.2) is 30.5 Å². The number of para-hydroxylation sites is 1. The molecule has 7 nitrogen and oxygen atoms in total. The Hall–Kier alpha value is -2.70. The third-order valence-electron chi connectivity index (χ3n) is 3.15. The lowest BCUT2D eigenvalue weighted by molar-refractivity contribution is -0.384. The van der Waals surface area contributed by atoms with Crippen molar-refractivity contribution in [2.45, 2.75) is 13.8 Å². The topological polar surface area (TPSA) is 84.2 Å². The largest absolute Gasteiger partial charge is 0.357 e. The van der Waals surface area contributed by atoms with Crippen LogP contribution in [-0.2, 0) is 0 Å². The molecule has 1 heterocycles. The van der Waals surface area contributed by atoms with E-state index in [0.29, 0.717) is 12.5 Å². The molecule has 0 atom stereocenters. The molecule has 0 unspecified atom stereocenters. The Morgan fingerprint density at radius 2 is 2.10 bits per heavy atom. The fourth-order valence-corrected chi connectivity index (χ4v) is 2.11. The lowest BCUT2D eigenvalue weighted by Gasteiger charge is -2.23. The fraction of sp³-hybridized carbons (Fsp3) is 0.286. The van der Waals surface area contributed by atoms with Gasteiger partial charge in [-0.3, -0.25) is 10.1 Å². The second-order valence-electron chi connectivity index (χ2n) is 4.44. The molecule has 1 aromatic carbocycles. The van der Waals surface area contributed by atoms with Gasteiger partial charge in [-0.2, -0.15) is 4.98 Å². The Morgan fingerprint density at radius 3 is 2.67 bits per heavy atom. The number of nitro groups is 1. The number of aryl methyl sites for hydroxylation is 1. The van der Waals surface area contributed by atoms with Crippen LogP contribution >= 0.6 is 0 Å². The quantitative estimate of drug-likeness (QED) is 0.672. The summed E-state index contributed by atoms with van der Waals surface area (Å²) < 4.78 is 0. The molecule has 0 spiro atoms. The summed E-state index contributed by atoms with van der Waals surface area (Å²) in [6.07, 6.45) is 1.23. The maximum Gasteiger partial charge on any atom is 0.330 e. The van der Waals surface area contributed by atoms with Crippen LogP contribution in [0.5, 0.6) is 0 Å². The second kappa shape index (κ2) is 6.17. The van der Waals surface area contributed by atoms with Crippen LogP contribution in [0.25, 0.3) is 0 Å². The van der Waals surface area contributed by atoms with Crippen molar-refractivity contribution in [2.75, 3.05) is 23.8 Å². The first-order chi connectivity index (χ1) is 10.1. The fourth-order valence-electron chi connectivity index (χ4n) is 2.11. The molecule has 21 heavy (non-hydrogen) atoms. The van der Waals surface area contributed by atoms with E-state index in [9.17, 15) is 10.1 Å². The van der Waals surface area contributed by atoms with Crippen LogP contribution in [0.1, 0.15) is 12.5 Å². The van der Waals surface area contributed by atoms with Crippen LogP contribution in [0.4, 0.5) is 23.1 Å². The van der Waals surface area contributed by atoms with Crippen molar-refractivity contribution < 1.29 is 4.92 Å². The lowest BCUT2D eigenvalue weighted by atomic mass is 10.2. The number of aromatic nitrogens is 2. The number of rotatable bonds is 5. The molecule has 2 rings (SSSR count). The molecule has 1 aromatic heterocycles. The average Bonchev–Trinajstić information content (AvgIpc) is 2.49. The van der Waals surface area contributed by atoms with E-state index in [0.717, 1.165) is 11.3 Å². The van der Waals surface area contributed by atoms with E-state index in [1.54, 1.807) is 7.05 Å². The highest BCUT2D eigenvalue weighted by Gasteiger charge is 2.23.